The number of benzene rings is 7. The highest BCUT2D eigenvalue weighted by molar-refractivity contribution is 6.19. The maximum Gasteiger partial charge on any atom is 0.0782 e. The number of fused-ring (bicyclic) bond motifs is 6. The molecule has 0 fully saturated rings. The molecule has 1 heterocycles. The molecular weight excluding hydrogens is 569 g/mol. The Bertz CT molecular complexity index is 2420. The van der Waals surface area contributed by atoms with Crippen molar-refractivity contribution in [3.8, 4) is 27.9 Å². The van der Waals surface area contributed by atoms with E-state index in [1.165, 1.54) is 55.2 Å². The van der Waals surface area contributed by atoms with Crippen LogP contribution in [0.2, 0.25) is 0 Å². The van der Waals surface area contributed by atoms with Crippen molar-refractivity contribution in [3.63, 3.8) is 0 Å². The third-order valence-corrected chi connectivity index (χ3v) is 9.97. The molecule has 47 heavy (non-hydrogen) atoms. The van der Waals surface area contributed by atoms with Gasteiger partial charge in [0.25, 0.3) is 0 Å². The van der Waals surface area contributed by atoms with Crippen LogP contribution in [0.3, 0.4) is 0 Å². The Hall–Kier alpha value is -5.86. The molecule has 9 rings (SSSR count). The van der Waals surface area contributed by atoms with Gasteiger partial charge in [0.1, 0.15) is 0 Å². The molecule has 0 atom stereocenters. The van der Waals surface area contributed by atoms with Crippen molar-refractivity contribution in [2.75, 3.05) is 4.90 Å². The molecule has 1 aliphatic carbocycles. The number of para-hydroxylation sites is 3. The normalized spacial score (nSPS) is 13.1. The molecule has 0 saturated heterocycles. The zero-order chi connectivity index (χ0) is 31.5. The molecule has 0 spiro atoms. The van der Waals surface area contributed by atoms with Crippen molar-refractivity contribution < 1.29 is 0 Å². The van der Waals surface area contributed by atoms with Crippen LogP contribution in [0.15, 0.2) is 170 Å². The van der Waals surface area contributed by atoms with E-state index in [0.717, 1.165) is 22.7 Å². The zero-order valence-electron chi connectivity index (χ0n) is 26.6. The third-order valence-electron chi connectivity index (χ3n) is 9.97. The number of rotatable bonds is 5. The summed E-state index contributed by atoms with van der Waals surface area (Å²) in [4.78, 5) is 2.45. The molecule has 2 heteroatoms. The second-order valence-corrected chi connectivity index (χ2v) is 13.0. The van der Waals surface area contributed by atoms with Gasteiger partial charge < -0.3 is 9.47 Å². The predicted octanol–water partition coefficient (Wildman–Crippen LogP) is 12.2. The van der Waals surface area contributed by atoms with Gasteiger partial charge in [-0.15, -0.1) is 0 Å². The Morgan fingerprint density at radius 1 is 0.489 bits per heavy atom. The molecule has 7 aromatic carbocycles. The molecule has 224 valence electrons. The summed E-state index contributed by atoms with van der Waals surface area (Å²) in [5.74, 6) is 0. The van der Waals surface area contributed by atoms with Gasteiger partial charge in [0.05, 0.1) is 16.7 Å². The van der Waals surface area contributed by atoms with E-state index in [9.17, 15) is 0 Å². The first-order chi connectivity index (χ1) is 23.1. The zero-order valence-corrected chi connectivity index (χ0v) is 26.6. The first kappa shape index (κ1) is 27.5. The van der Waals surface area contributed by atoms with E-state index in [1.54, 1.807) is 0 Å². The van der Waals surface area contributed by atoms with Crippen LogP contribution in [-0.2, 0) is 5.41 Å². The monoisotopic (exact) mass is 602 g/mol. The quantitative estimate of drug-likeness (QED) is 0.190. The van der Waals surface area contributed by atoms with Crippen LogP contribution >= 0.6 is 0 Å². The minimum absolute atomic E-state index is 0.0974. The van der Waals surface area contributed by atoms with Gasteiger partial charge in [0.15, 0.2) is 0 Å². The van der Waals surface area contributed by atoms with Crippen molar-refractivity contribution in [1.82, 2.24) is 4.57 Å². The van der Waals surface area contributed by atoms with Gasteiger partial charge in [-0.3, -0.25) is 0 Å². The molecular formula is C45H34N2. The highest BCUT2D eigenvalue weighted by Crippen LogP contribution is 2.51. The average molecular weight is 603 g/mol. The molecule has 1 aromatic heterocycles. The standard InChI is InChI=1S/C45H34N2/c1-45(2)39-25-13-12-22-36(39)37-29-28-34(30-40(37)45)46(32-18-8-4-9-19-32)42-27-15-24-38-43-35(31-16-6-3-7-17-31)23-14-26-41(43)47(44(38)42)33-20-10-5-11-21-33/h3-30H,1-2H3. The molecule has 0 bridgehead atoms. The summed E-state index contributed by atoms with van der Waals surface area (Å²) < 4.78 is 2.45. The van der Waals surface area contributed by atoms with Gasteiger partial charge in [-0.1, -0.05) is 135 Å². The molecule has 0 amide bonds. The van der Waals surface area contributed by atoms with Gasteiger partial charge in [0.2, 0.25) is 0 Å². The number of nitrogens with zero attached hydrogens (tertiary/aromatic N) is 2. The largest absolute Gasteiger partial charge is 0.308 e. The minimum atomic E-state index is -0.0974. The van der Waals surface area contributed by atoms with Crippen molar-refractivity contribution in [3.05, 3.63) is 181 Å². The van der Waals surface area contributed by atoms with Crippen LogP contribution in [0.5, 0.6) is 0 Å². The summed E-state index contributed by atoms with van der Waals surface area (Å²) in [6, 6.07) is 61.8. The lowest BCUT2D eigenvalue weighted by atomic mass is 9.82. The molecule has 8 aromatic rings. The van der Waals surface area contributed by atoms with Crippen LogP contribution in [0.25, 0.3) is 49.7 Å². The fourth-order valence-electron chi connectivity index (χ4n) is 7.82. The number of anilines is 3. The summed E-state index contributed by atoms with van der Waals surface area (Å²) in [5, 5.41) is 2.49. The first-order valence-electron chi connectivity index (χ1n) is 16.4. The minimum Gasteiger partial charge on any atom is -0.308 e. The molecule has 1 aliphatic rings. The van der Waals surface area contributed by atoms with E-state index < -0.39 is 0 Å². The molecule has 0 radical (unpaired) electrons. The smallest absolute Gasteiger partial charge is 0.0782 e. The Kier molecular flexibility index (Phi) is 6.20. The van der Waals surface area contributed by atoms with E-state index in [4.69, 9.17) is 0 Å². The Morgan fingerprint density at radius 2 is 1.13 bits per heavy atom. The molecule has 0 saturated carbocycles. The Balaban J connectivity index is 1.37. The van der Waals surface area contributed by atoms with Crippen molar-refractivity contribution in [2.45, 2.75) is 19.3 Å². The maximum absolute atomic E-state index is 2.45. The number of hydrogen-bond donors (Lipinski definition) is 0. The van der Waals surface area contributed by atoms with Gasteiger partial charge in [0, 0.05) is 33.2 Å². The molecule has 0 N–H and O–H groups in total. The highest BCUT2D eigenvalue weighted by atomic mass is 15.2. The molecule has 0 aliphatic heterocycles. The molecule has 2 nitrogen and oxygen atoms in total. The second kappa shape index (κ2) is 10.6. The fraction of sp³-hybridized carbons (Fsp3) is 0.0667. The lowest BCUT2D eigenvalue weighted by Gasteiger charge is -2.29. The second-order valence-electron chi connectivity index (χ2n) is 13.0. The maximum atomic E-state index is 2.45. The van der Waals surface area contributed by atoms with E-state index in [1.807, 2.05) is 0 Å². The summed E-state index contributed by atoms with van der Waals surface area (Å²) in [5.41, 5.74) is 14.7. The average Bonchev–Trinajstić information content (AvgIpc) is 3.59. The SMILES string of the molecule is CC1(C)c2ccccc2-c2ccc(N(c3ccccc3)c3cccc4c5c(-c6ccccc6)cccc5n(-c5ccccc5)c34)cc21. The third kappa shape index (κ3) is 4.18. The van der Waals surface area contributed by atoms with Crippen LogP contribution in [0.4, 0.5) is 17.1 Å². The Morgan fingerprint density at radius 3 is 1.91 bits per heavy atom. The van der Waals surface area contributed by atoms with Crippen LogP contribution in [0.1, 0.15) is 25.0 Å². The van der Waals surface area contributed by atoms with E-state index in [2.05, 4.69) is 193 Å². The van der Waals surface area contributed by atoms with Gasteiger partial charge in [-0.05, 0) is 81.9 Å². The van der Waals surface area contributed by atoms with E-state index in [0.29, 0.717) is 0 Å². The Labute approximate surface area is 275 Å². The topological polar surface area (TPSA) is 8.17 Å². The van der Waals surface area contributed by atoms with Crippen molar-refractivity contribution in [1.29, 1.82) is 0 Å². The lowest BCUT2D eigenvalue weighted by molar-refractivity contribution is 0.660. The van der Waals surface area contributed by atoms with Gasteiger partial charge >= 0.3 is 0 Å². The van der Waals surface area contributed by atoms with Gasteiger partial charge in [-0.2, -0.15) is 0 Å². The highest BCUT2D eigenvalue weighted by Gasteiger charge is 2.36. The predicted molar refractivity (Wildman–Crippen MR) is 198 cm³/mol. The van der Waals surface area contributed by atoms with E-state index in [-0.39, 0.29) is 5.41 Å². The summed E-state index contributed by atoms with van der Waals surface area (Å²) in [7, 11) is 0. The van der Waals surface area contributed by atoms with Crippen LogP contribution in [0, 0.1) is 0 Å². The van der Waals surface area contributed by atoms with Crippen LogP contribution < -0.4 is 4.90 Å². The first-order valence-corrected chi connectivity index (χ1v) is 16.4. The van der Waals surface area contributed by atoms with Crippen LogP contribution in [-0.4, -0.2) is 4.57 Å². The lowest BCUT2D eigenvalue weighted by Crippen LogP contribution is -2.17. The van der Waals surface area contributed by atoms with Gasteiger partial charge in [-0.25, -0.2) is 0 Å². The summed E-state index contributed by atoms with van der Waals surface area (Å²) >= 11 is 0. The number of aromatic nitrogens is 1. The number of hydrogen-bond acceptors (Lipinski definition) is 1. The molecule has 0 unspecified atom stereocenters. The van der Waals surface area contributed by atoms with Crippen molar-refractivity contribution >= 4 is 38.9 Å². The van der Waals surface area contributed by atoms with Crippen molar-refractivity contribution in [2.24, 2.45) is 0 Å². The summed E-state index contributed by atoms with van der Waals surface area (Å²) in [6.07, 6.45) is 0. The van der Waals surface area contributed by atoms with E-state index >= 15 is 0 Å². The fourth-order valence-corrected chi connectivity index (χ4v) is 7.82. The summed E-state index contributed by atoms with van der Waals surface area (Å²) in [6.45, 7) is 4.71.